The molecule has 2 N–H and O–H groups in total. The van der Waals surface area contributed by atoms with Crippen LogP contribution in [0.1, 0.15) is 15.9 Å². The van der Waals surface area contributed by atoms with E-state index in [0.717, 1.165) is 27.4 Å². The molecular weight excluding hydrogens is 362 g/mol. The number of hydrogen-bond acceptors (Lipinski definition) is 2. The molecule has 4 rings (SSSR count). The molecule has 4 aromatic rings. The van der Waals surface area contributed by atoms with Crippen LogP contribution in [0.5, 0.6) is 0 Å². The minimum Gasteiger partial charge on any atom is -0.354 e. The summed E-state index contributed by atoms with van der Waals surface area (Å²) in [5.41, 5.74) is 3.78. The lowest BCUT2D eigenvalue weighted by Crippen LogP contribution is -2.33. The number of rotatable bonds is 4. The van der Waals surface area contributed by atoms with E-state index in [4.69, 9.17) is 0 Å². The number of fused-ring (bicyclic) bond motifs is 3. The minimum absolute atomic E-state index is 0.195. The van der Waals surface area contributed by atoms with Crippen LogP contribution in [0.2, 0.25) is 0 Å². The molecule has 1 heterocycles. The van der Waals surface area contributed by atoms with Crippen LogP contribution in [0.3, 0.4) is 0 Å². The Balaban J connectivity index is 1.76. The maximum absolute atomic E-state index is 12.5. The van der Waals surface area contributed by atoms with Crippen LogP contribution in [-0.2, 0) is 11.8 Å². The molecule has 0 aliphatic carbocycles. The summed E-state index contributed by atoms with van der Waals surface area (Å²) in [5, 5.41) is 7.56. The molecular formula is C24H21N3O2. The number of aromatic nitrogens is 1. The average Bonchev–Trinajstić information content (AvgIpc) is 3.05. The van der Waals surface area contributed by atoms with Crippen LogP contribution in [0.25, 0.3) is 27.9 Å². The first kappa shape index (κ1) is 18.5. The van der Waals surface area contributed by atoms with Gasteiger partial charge in [0.05, 0.1) is 0 Å². The molecule has 0 fully saturated rings. The van der Waals surface area contributed by atoms with E-state index in [9.17, 15) is 9.59 Å². The highest BCUT2D eigenvalue weighted by Gasteiger charge is 2.14. The van der Waals surface area contributed by atoms with Gasteiger partial charge in [-0.25, -0.2) is 0 Å². The van der Waals surface area contributed by atoms with Crippen LogP contribution in [0.4, 0.5) is 0 Å². The van der Waals surface area contributed by atoms with Gasteiger partial charge in [-0.2, -0.15) is 0 Å². The van der Waals surface area contributed by atoms with Crippen molar-refractivity contribution in [2.24, 2.45) is 7.05 Å². The number of amides is 2. The van der Waals surface area contributed by atoms with Crippen LogP contribution in [-0.4, -0.2) is 23.4 Å². The zero-order valence-electron chi connectivity index (χ0n) is 16.3. The van der Waals surface area contributed by atoms with E-state index >= 15 is 0 Å². The summed E-state index contributed by atoms with van der Waals surface area (Å²) in [7, 11) is 3.58. The SMILES string of the molecule is CNC(=O)C(=Cc1ccc2c(c1)c1ccccc1n2C)NC(=O)c1ccccc1. The highest BCUT2D eigenvalue weighted by molar-refractivity contribution is 6.09. The Labute approximate surface area is 168 Å². The van der Waals surface area contributed by atoms with Crippen molar-refractivity contribution in [2.75, 3.05) is 7.05 Å². The molecule has 0 spiro atoms. The summed E-state index contributed by atoms with van der Waals surface area (Å²) in [6, 6.07) is 23.0. The molecule has 0 saturated heterocycles. The lowest BCUT2D eigenvalue weighted by atomic mass is 10.1. The molecule has 0 radical (unpaired) electrons. The Kier molecular flexibility index (Phi) is 4.87. The highest BCUT2D eigenvalue weighted by atomic mass is 16.2. The van der Waals surface area contributed by atoms with Gasteiger partial charge in [-0.05, 0) is 42.0 Å². The molecule has 0 aliphatic heterocycles. The number of aryl methyl sites for hydroxylation is 1. The van der Waals surface area contributed by atoms with Gasteiger partial charge in [-0.3, -0.25) is 9.59 Å². The minimum atomic E-state index is -0.354. The van der Waals surface area contributed by atoms with E-state index in [1.165, 1.54) is 0 Å². The Morgan fingerprint density at radius 2 is 1.55 bits per heavy atom. The largest absolute Gasteiger partial charge is 0.354 e. The van der Waals surface area contributed by atoms with E-state index in [1.54, 1.807) is 37.4 Å². The lowest BCUT2D eigenvalue weighted by Gasteiger charge is -2.09. The molecule has 0 unspecified atom stereocenters. The third kappa shape index (κ3) is 3.50. The van der Waals surface area contributed by atoms with Gasteiger partial charge in [0.25, 0.3) is 11.8 Å². The first-order chi connectivity index (χ1) is 14.1. The monoisotopic (exact) mass is 383 g/mol. The number of para-hydroxylation sites is 1. The van der Waals surface area contributed by atoms with Crippen molar-refractivity contribution < 1.29 is 9.59 Å². The standard InChI is InChI=1S/C24H21N3O2/c1-25-24(29)20(26-23(28)17-8-4-3-5-9-17)15-16-12-13-22-19(14-16)18-10-6-7-11-21(18)27(22)2/h3-15H,1-2H3,(H,25,29)(H,26,28). The molecule has 5 nitrogen and oxygen atoms in total. The van der Waals surface area contributed by atoms with Crippen LogP contribution in [0, 0.1) is 0 Å². The number of nitrogens with zero attached hydrogens (tertiary/aromatic N) is 1. The van der Waals surface area contributed by atoms with Crippen LogP contribution < -0.4 is 10.6 Å². The smallest absolute Gasteiger partial charge is 0.267 e. The summed E-state index contributed by atoms with van der Waals surface area (Å²) >= 11 is 0. The molecule has 0 aliphatic rings. The van der Waals surface area contributed by atoms with E-state index < -0.39 is 0 Å². The van der Waals surface area contributed by atoms with Gasteiger partial charge in [0.1, 0.15) is 5.70 Å². The number of hydrogen-bond donors (Lipinski definition) is 2. The van der Waals surface area contributed by atoms with Crippen LogP contribution in [0.15, 0.2) is 78.5 Å². The number of carbonyl (C=O) groups excluding carboxylic acids is 2. The van der Waals surface area contributed by atoms with Gasteiger partial charge in [0.2, 0.25) is 0 Å². The molecule has 5 heteroatoms. The maximum atomic E-state index is 12.5. The van der Waals surface area contributed by atoms with Crippen molar-refractivity contribution in [1.82, 2.24) is 15.2 Å². The van der Waals surface area contributed by atoms with E-state index in [2.05, 4.69) is 27.3 Å². The zero-order chi connectivity index (χ0) is 20.4. The van der Waals surface area contributed by atoms with Crippen LogP contribution >= 0.6 is 0 Å². The van der Waals surface area contributed by atoms with E-state index in [0.29, 0.717) is 5.56 Å². The number of nitrogens with one attached hydrogen (secondary N) is 2. The fourth-order valence-electron chi connectivity index (χ4n) is 3.52. The third-order valence-electron chi connectivity index (χ3n) is 5.00. The second kappa shape index (κ2) is 7.64. The number of carbonyl (C=O) groups is 2. The van der Waals surface area contributed by atoms with Gasteiger partial charge in [-0.1, -0.05) is 42.5 Å². The van der Waals surface area contributed by atoms with Crippen molar-refractivity contribution in [2.45, 2.75) is 0 Å². The average molecular weight is 383 g/mol. The molecule has 0 saturated carbocycles. The lowest BCUT2D eigenvalue weighted by molar-refractivity contribution is -0.117. The van der Waals surface area contributed by atoms with Crippen molar-refractivity contribution >= 4 is 39.7 Å². The summed E-state index contributed by atoms with van der Waals surface area (Å²) in [6.07, 6.45) is 1.70. The first-order valence-electron chi connectivity index (χ1n) is 9.36. The molecule has 3 aromatic carbocycles. The maximum Gasteiger partial charge on any atom is 0.267 e. The topological polar surface area (TPSA) is 63.1 Å². The summed E-state index contributed by atoms with van der Waals surface area (Å²) in [5.74, 6) is -0.681. The second-order valence-corrected chi connectivity index (χ2v) is 6.81. The van der Waals surface area contributed by atoms with E-state index in [-0.39, 0.29) is 17.5 Å². The Morgan fingerprint density at radius 1 is 0.862 bits per heavy atom. The van der Waals surface area contributed by atoms with Crippen molar-refractivity contribution in [3.63, 3.8) is 0 Å². The fourth-order valence-corrected chi connectivity index (χ4v) is 3.52. The predicted octanol–water partition coefficient (Wildman–Crippen LogP) is 3.85. The highest BCUT2D eigenvalue weighted by Crippen LogP contribution is 2.29. The molecule has 144 valence electrons. The third-order valence-corrected chi connectivity index (χ3v) is 5.00. The van der Waals surface area contributed by atoms with Crippen molar-refractivity contribution in [3.05, 3.63) is 89.6 Å². The van der Waals surface area contributed by atoms with Crippen molar-refractivity contribution in [1.29, 1.82) is 0 Å². The summed E-state index contributed by atoms with van der Waals surface area (Å²) < 4.78 is 2.15. The molecule has 0 atom stereocenters. The Hall–Kier alpha value is -3.86. The van der Waals surface area contributed by atoms with Gasteiger partial charge >= 0.3 is 0 Å². The van der Waals surface area contributed by atoms with E-state index in [1.807, 2.05) is 43.4 Å². The van der Waals surface area contributed by atoms with Gasteiger partial charge < -0.3 is 15.2 Å². The molecule has 1 aromatic heterocycles. The van der Waals surface area contributed by atoms with Crippen molar-refractivity contribution in [3.8, 4) is 0 Å². The fraction of sp³-hybridized carbons (Fsp3) is 0.0833. The number of likely N-dealkylation sites (N-methyl/N-ethyl adjacent to an activating group) is 1. The summed E-state index contributed by atoms with van der Waals surface area (Å²) in [6.45, 7) is 0. The molecule has 2 amide bonds. The number of benzene rings is 3. The Morgan fingerprint density at radius 3 is 2.31 bits per heavy atom. The molecule has 0 bridgehead atoms. The van der Waals surface area contributed by atoms with Gasteiger partial charge in [0.15, 0.2) is 0 Å². The predicted molar refractivity (Wildman–Crippen MR) is 116 cm³/mol. The quantitative estimate of drug-likeness (QED) is 0.526. The summed E-state index contributed by atoms with van der Waals surface area (Å²) in [4.78, 5) is 24.9. The normalized spacial score (nSPS) is 11.6. The first-order valence-corrected chi connectivity index (χ1v) is 9.36. The van der Waals surface area contributed by atoms with Gasteiger partial charge in [-0.15, -0.1) is 0 Å². The van der Waals surface area contributed by atoms with Gasteiger partial charge in [0, 0.05) is 41.5 Å². The molecule has 29 heavy (non-hydrogen) atoms. The zero-order valence-corrected chi connectivity index (χ0v) is 16.3. The second-order valence-electron chi connectivity index (χ2n) is 6.81. The Bertz CT molecular complexity index is 1250.